The van der Waals surface area contributed by atoms with Crippen LogP contribution in [0.3, 0.4) is 0 Å². The standard InChI is InChI=1S/C21H25N/c1-3-8-17(9-4-1)14-21-18-10-7-11-19(21)16-22(15-18)20-12-5-2-6-13-20/h1-6,8-9,12-13,18-19,21H,7,10-11,14-16H2/t18-,19+,21-. The number of fused-ring (bicyclic) bond motifs is 2. The topological polar surface area (TPSA) is 3.24 Å². The Morgan fingerprint density at radius 3 is 2.00 bits per heavy atom. The van der Waals surface area contributed by atoms with Crippen molar-refractivity contribution in [1.82, 2.24) is 0 Å². The van der Waals surface area contributed by atoms with E-state index in [0.29, 0.717) is 0 Å². The van der Waals surface area contributed by atoms with Crippen LogP contribution in [-0.2, 0) is 6.42 Å². The lowest BCUT2D eigenvalue weighted by atomic mass is 9.67. The Hall–Kier alpha value is -1.76. The maximum Gasteiger partial charge on any atom is 0.0366 e. The molecular formula is C21H25N. The van der Waals surface area contributed by atoms with Crippen molar-refractivity contribution in [2.75, 3.05) is 18.0 Å². The molecule has 0 aromatic heterocycles. The van der Waals surface area contributed by atoms with Gasteiger partial charge in [-0.05, 0) is 54.7 Å². The fraction of sp³-hybridized carbons (Fsp3) is 0.429. The molecule has 4 rings (SSSR count). The minimum Gasteiger partial charge on any atom is -0.371 e. The largest absolute Gasteiger partial charge is 0.371 e. The van der Waals surface area contributed by atoms with Crippen LogP contribution in [0.25, 0.3) is 0 Å². The highest BCUT2D eigenvalue weighted by atomic mass is 15.1. The van der Waals surface area contributed by atoms with E-state index in [-0.39, 0.29) is 0 Å². The molecule has 1 saturated carbocycles. The SMILES string of the molecule is c1ccc(C[C@@H]2[C@@H]3CCC[C@H]2CN(c2ccccc2)C3)cc1. The highest BCUT2D eigenvalue weighted by Crippen LogP contribution is 2.42. The van der Waals surface area contributed by atoms with Gasteiger partial charge in [-0.3, -0.25) is 0 Å². The van der Waals surface area contributed by atoms with Gasteiger partial charge in [0, 0.05) is 18.8 Å². The normalized spacial score (nSPS) is 27.6. The van der Waals surface area contributed by atoms with Crippen LogP contribution in [0.4, 0.5) is 5.69 Å². The first-order chi connectivity index (χ1) is 10.9. The molecule has 0 unspecified atom stereocenters. The Morgan fingerprint density at radius 2 is 1.36 bits per heavy atom. The zero-order valence-electron chi connectivity index (χ0n) is 13.2. The molecule has 1 nitrogen and oxygen atoms in total. The Kier molecular flexibility index (Phi) is 3.88. The van der Waals surface area contributed by atoms with Gasteiger partial charge in [-0.2, -0.15) is 0 Å². The van der Waals surface area contributed by atoms with E-state index in [4.69, 9.17) is 0 Å². The van der Waals surface area contributed by atoms with E-state index in [1.165, 1.54) is 50.0 Å². The molecule has 1 heterocycles. The Balaban J connectivity index is 1.52. The quantitative estimate of drug-likeness (QED) is 0.786. The minimum atomic E-state index is 0.868. The summed E-state index contributed by atoms with van der Waals surface area (Å²) in [5.41, 5.74) is 2.94. The van der Waals surface area contributed by atoms with Gasteiger partial charge >= 0.3 is 0 Å². The van der Waals surface area contributed by atoms with Crippen molar-refractivity contribution in [1.29, 1.82) is 0 Å². The lowest BCUT2D eigenvalue weighted by Crippen LogP contribution is -2.49. The first-order valence-electron chi connectivity index (χ1n) is 8.74. The van der Waals surface area contributed by atoms with Gasteiger partial charge in [0.05, 0.1) is 0 Å². The van der Waals surface area contributed by atoms with Gasteiger partial charge in [0.25, 0.3) is 0 Å². The van der Waals surface area contributed by atoms with Crippen molar-refractivity contribution in [2.24, 2.45) is 17.8 Å². The number of rotatable bonds is 3. The molecule has 22 heavy (non-hydrogen) atoms. The third kappa shape index (κ3) is 2.77. The highest BCUT2D eigenvalue weighted by Gasteiger charge is 2.39. The third-order valence-electron chi connectivity index (χ3n) is 5.71. The lowest BCUT2D eigenvalue weighted by molar-refractivity contribution is 0.126. The van der Waals surface area contributed by atoms with Crippen LogP contribution < -0.4 is 4.90 Å². The van der Waals surface area contributed by atoms with Crippen molar-refractivity contribution in [3.63, 3.8) is 0 Å². The number of anilines is 1. The molecule has 1 heteroatoms. The van der Waals surface area contributed by atoms with E-state index in [0.717, 1.165) is 17.8 Å². The van der Waals surface area contributed by atoms with Crippen molar-refractivity contribution in [2.45, 2.75) is 25.7 Å². The fourth-order valence-corrected chi connectivity index (χ4v) is 4.62. The van der Waals surface area contributed by atoms with Crippen molar-refractivity contribution in [3.8, 4) is 0 Å². The highest BCUT2D eigenvalue weighted by molar-refractivity contribution is 5.46. The van der Waals surface area contributed by atoms with Gasteiger partial charge in [0.2, 0.25) is 0 Å². The van der Waals surface area contributed by atoms with Gasteiger partial charge in [-0.15, -0.1) is 0 Å². The summed E-state index contributed by atoms with van der Waals surface area (Å²) in [5.74, 6) is 2.62. The number of benzene rings is 2. The number of nitrogens with zero attached hydrogens (tertiary/aromatic N) is 1. The number of hydrogen-bond donors (Lipinski definition) is 0. The maximum absolute atomic E-state index is 2.63. The van der Waals surface area contributed by atoms with E-state index in [9.17, 15) is 0 Å². The second kappa shape index (κ2) is 6.16. The summed E-state index contributed by atoms with van der Waals surface area (Å²) < 4.78 is 0. The number of hydrogen-bond acceptors (Lipinski definition) is 1. The van der Waals surface area contributed by atoms with Crippen molar-refractivity contribution in [3.05, 3.63) is 66.2 Å². The molecule has 114 valence electrons. The molecule has 1 saturated heterocycles. The first-order valence-corrected chi connectivity index (χ1v) is 8.74. The molecule has 1 aliphatic heterocycles. The van der Waals surface area contributed by atoms with E-state index in [2.05, 4.69) is 65.6 Å². The summed E-state index contributed by atoms with van der Waals surface area (Å²) in [5, 5.41) is 0. The maximum atomic E-state index is 2.63. The van der Waals surface area contributed by atoms with Crippen LogP contribution >= 0.6 is 0 Å². The first kappa shape index (κ1) is 13.9. The second-order valence-electron chi connectivity index (χ2n) is 7.05. The van der Waals surface area contributed by atoms with E-state index in [1.807, 2.05) is 0 Å². The van der Waals surface area contributed by atoms with Crippen LogP contribution in [0.5, 0.6) is 0 Å². The summed E-state index contributed by atoms with van der Waals surface area (Å²) in [7, 11) is 0. The molecule has 2 fully saturated rings. The van der Waals surface area contributed by atoms with Gasteiger partial charge in [0.15, 0.2) is 0 Å². The van der Waals surface area contributed by atoms with Crippen LogP contribution in [0.15, 0.2) is 60.7 Å². The number of piperidine rings is 1. The summed E-state index contributed by atoms with van der Waals surface area (Å²) in [4.78, 5) is 2.63. The van der Waals surface area contributed by atoms with Gasteiger partial charge in [-0.25, -0.2) is 0 Å². The van der Waals surface area contributed by atoms with E-state index in [1.54, 1.807) is 0 Å². The van der Waals surface area contributed by atoms with Gasteiger partial charge in [-0.1, -0.05) is 55.0 Å². The summed E-state index contributed by atoms with van der Waals surface area (Å²) in [6, 6.07) is 22.1. The molecule has 2 aliphatic rings. The molecular weight excluding hydrogens is 266 g/mol. The average Bonchev–Trinajstić information content (AvgIpc) is 2.56. The van der Waals surface area contributed by atoms with Gasteiger partial charge in [0.1, 0.15) is 0 Å². The lowest BCUT2D eigenvalue weighted by Gasteiger charge is -2.48. The average molecular weight is 291 g/mol. The van der Waals surface area contributed by atoms with Gasteiger partial charge < -0.3 is 4.90 Å². The molecule has 2 bridgehead atoms. The van der Waals surface area contributed by atoms with Crippen LogP contribution in [0.1, 0.15) is 24.8 Å². The summed E-state index contributed by atoms with van der Waals surface area (Å²) >= 11 is 0. The van der Waals surface area contributed by atoms with E-state index >= 15 is 0 Å². The summed E-state index contributed by atoms with van der Waals surface area (Å²) in [6.45, 7) is 2.50. The van der Waals surface area contributed by atoms with Crippen molar-refractivity contribution < 1.29 is 0 Å². The van der Waals surface area contributed by atoms with Crippen LogP contribution in [0.2, 0.25) is 0 Å². The Labute approximate surface area is 134 Å². The molecule has 2 aromatic carbocycles. The predicted octanol–water partition coefficient (Wildman–Crippen LogP) is 4.78. The Morgan fingerprint density at radius 1 is 0.773 bits per heavy atom. The molecule has 1 aliphatic carbocycles. The summed E-state index contributed by atoms with van der Waals surface area (Å²) in [6.07, 6.45) is 5.54. The zero-order valence-corrected chi connectivity index (χ0v) is 13.2. The molecule has 0 N–H and O–H groups in total. The molecule has 3 atom stereocenters. The zero-order chi connectivity index (χ0) is 14.8. The van der Waals surface area contributed by atoms with E-state index < -0.39 is 0 Å². The molecule has 0 spiro atoms. The predicted molar refractivity (Wildman–Crippen MR) is 93.1 cm³/mol. The minimum absolute atomic E-state index is 0.868. The molecule has 0 radical (unpaired) electrons. The fourth-order valence-electron chi connectivity index (χ4n) is 4.62. The van der Waals surface area contributed by atoms with Crippen LogP contribution in [-0.4, -0.2) is 13.1 Å². The smallest absolute Gasteiger partial charge is 0.0366 e. The second-order valence-corrected chi connectivity index (χ2v) is 7.05. The monoisotopic (exact) mass is 291 g/mol. The third-order valence-corrected chi connectivity index (χ3v) is 5.71. The van der Waals surface area contributed by atoms with Crippen LogP contribution in [0, 0.1) is 17.8 Å². The molecule has 0 amide bonds. The Bertz CT molecular complexity index is 578. The molecule has 2 aromatic rings. The number of para-hydroxylation sites is 1. The van der Waals surface area contributed by atoms with Crippen molar-refractivity contribution >= 4 is 5.69 Å².